The number of aryl methyl sites for hydroxylation is 2. The van der Waals surface area contributed by atoms with Crippen LogP contribution >= 0.6 is 0 Å². The van der Waals surface area contributed by atoms with Crippen molar-refractivity contribution >= 4 is 11.8 Å². The Morgan fingerprint density at radius 2 is 1.74 bits per heavy atom. The van der Waals surface area contributed by atoms with Crippen LogP contribution in [0.3, 0.4) is 0 Å². The number of fused-ring (bicyclic) bond motifs is 1. The number of hydrogen-bond donors (Lipinski definition) is 1. The van der Waals surface area contributed by atoms with E-state index in [1.165, 1.54) is 6.42 Å². The first-order valence-electron chi connectivity index (χ1n) is 12.7. The number of hydrogen-bond acceptors (Lipinski definition) is 3. The molecule has 6 heteroatoms. The smallest absolute Gasteiger partial charge is 0.254 e. The Kier molecular flexibility index (Phi) is 6.71. The number of benzene rings is 2. The summed E-state index contributed by atoms with van der Waals surface area (Å²) in [6, 6.07) is 19.5. The van der Waals surface area contributed by atoms with Crippen LogP contribution < -0.4 is 5.32 Å². The van der Waals surface area contributed by atoms with Crippen LogP contribution in [0, 0.1) is 19.8 Å². The van der Waals surface area contributed by atoms with Crippen LogP contribution in [-0.2, 0) is 17.9 Å². The molecular weight excluding hydrogens is 436 g/mol. The van der Waals surface area contributed by atoms with Crippen LogP contribution in [0.15, 0.2) is 60.7 Å². The molecule has 1 N–H and O–H groups in total. The molecule has 5 rings (SSSR count). The monoisotopic (exact) mass is 470 g/mol. The van der Waals surface area contributed by atoms with Crippen LogP contribution in [-0.4, -0.2) is 38.6 Å². The molecule has 1 aromatic heterocycles. The largest absolute Gasteiger partial charge is 0.350 e. The molecule has 0 spiro atoms. The minimum absolute atomic E-state index is 0.0213. The molecule has 2 amide bonds. The van der Waals surface area contributed by atoms with E-state index >= 15 is 0 Å². The maximum Gasteiger partial charge on any atom is 0.254 e. The van der Waals surface area contributed by atoms with Gasteiger partial charge >= 0.3 is 0 Å². The van der Waals surface area contributed by atoms with Crippen LogP contribution in [0.1, 0.15) is 65.0 Å². The molecule has 182 valence electrons. The SMILES string of the molecule is Cc1cc(C)n(Cc2cccc(CNC(=O)C3CC4CCCCC4N3C(=O)c3ccccc3)c2)n1. The van der Waals surface area contributed by atoms with E-state index in [-0.39, 0.29) is 17.9 Å². The Bertz CT molecular complexity index is 1200. The van der Waals surface area contributed by atoms with E-state index in [1.807, 2.05) is 59.0 Å². The highest BCUT2D eigenvalue weighted by Crippen LogP contribution is 2.40. The summed E-state index contributed by atoms with van der Waals surface area (Å²) in [6.45, 7) is 5.21. The number of carbonyl (C=O) groups is 2. The Morgan fingerprint density at radius 3 is 2.51 bits per heavy atom. The zero-order valence-electron chi connectivity index (χ0n) is 20.6. The second-order valence-electron chi connectivity index (χ2n) is 10.1. The van der Waals surface area contributed by atoms with Gasteiger partial charge in [0.25, 0.3) is 5.91 Å². The van der Waals surface area contributed by atoms with Crippen molar-refractivity contribution in [2.45, 2.75) is 71.1 Å². The molecule has 35 heavy (non-hydrogen) atoms. The molecule has 6 nitrogen and oxygen atoms in total. The molecule has 0 bridgehead atoms. The van der Waals surface area contributed by atoms with Crippen LogP contribution in [0.4, 0.5) is 0 Å². The minimum atomic E-state index is -0.409. The average molecular weight is 471 g/mol. The molecule has 3 atom stereocenters. The van der Waals surface area contributed by atoms with Crippen molar-refractivity contribution in [3.05, 3.63) is 88.7 Å². The molecule has 1 aliphatic heterocycles. The van der Waals surface area contributed by atoms with Gasteiger partial charge in [-0.3, -0.25) is 14.3 Å². The van der Waals surface area contributed by atoms with Crippen LogP contribution in [0.2, 0.25) is 0 Å². The first kappa shape index (κ1) is 23.3. The number of nitrogens with one attached hydrogen (secondary N) is 1. The Labute approximate surface area is 207 Å². The molecule has 0 radical (unpaired) electrons. The lowest BCUT2D eigenvalue weighted by Crippen LogP contribution is -2.49. The minimum Gasteiger partial charge on any atom is -0.350 e. The molecule has 1 aliphatic carbocycles. The first-order valence-corrected chi connectivity index (χ1v) is 12.7. The van der Waals surface area contributed by atoms with E-state index in [0.717, 1.165) is 48.2 Å². The summed E-state index contributed by atoms with van der Waals surface area (Å²) in [6.07, 6.45) is 5.15. The van der Waals surface area contributed by atoms with E-state index in [1.54, 1.807) is 0 Å². The zero-order chi connectivity index (χ0) is 24.4. The lowest BCUT2D eigenvalue weighted by Gasteiger charge is -2.33. The van der Waals surface area contributed by atoms with Crippen LogP contribution in [0.5, 0.6) is 0 Å². The van der Waals surface area contributed by atoms with Gasteiger partial charge in [0, 0.05) is 23.8 Å². The molecule has 2 fully saturated rings. The van der Waals surface area contributed by atoms with Crippen molar-refractivity contribution < 1.29 is 9.59 Å². The van der Waals surface area contributed by atoms with E-state index in [0.29, 0.717) is 24.6 Å². The van der Waals surface area contributed by atoms with E-state index < -0.39 is 6.04 Å². The van der Waals surface area contributed by atoms with E-state index in [9.17, 15) is 9.59 Å². The number of rotatable bonds is 6. The fraction of sp³-hybridized carbons (Fsp3) is 0.414. The average Bonchev–Trinajstić information content (AvgIpc) is 3.41. The lowest BCUT2D eigenvalue weighted by atomic mass is 9.84. The molecule has 3 aromatic rings. The molecule has 3 unspecified atom stereocenters. The second kappa shape index (κ2) is 10.1. The zero-order valence-corrected chi connectivity index (χ0v) is 20.6. The number of amides is 2. The van der Waals surface area contributed by atoms with Gasteiger partial charge in [-0.25, -0.2) is 0 Å². The quantitative estimate of drug-likeness (QED) is 0.571. The van der Waals surface area contributed by atoms with Gasteiger partial charge < -0.3 is 10.2 Å². The van der Waals surface area contributed by atoms with Gasteiger partial charge in [0.1, 0.15) is 6.04 Å². The third-order valence-electron chi connectivity index (χ3n) is 7.54. The van der Waals surface area contributed by atoms with Gasteiger partial charge in [0.2, 0.25) is 5.91 Å². The maximum atomic E-state index is 13.5. The molecular formula is C29H34N4O2. The summed E-state index contributed by atoms with van der Waals surface area (Å²) in [5, 5.41) is 7.69. The van der Waals surface area contributed by atoms with Crippen molar-refractivity contribution in [1.82, 2.24) is 20.0 Å². The fourth-order valence-electron chi connectivity index (χ4n) is 5.87. The lowest BCUT2D eigenvalue weighted by molar-refractivity contribution is -0.125. The van der Waals surface area contributed by atoms with Crippen molar-refractivity contribution in [3.8, 4) is 0 Å². The molecule has 2 aromatic carbocycles. The Balaban J connectivity index is 1.28. The van der Waals surface area contributed by atoms with Crippen molar-refractivity contribution in [1.29, 1.82) is 0 Å². The van der Waals surface area contributed by atoms with Gasteiger partial charge in [-0.2, -0.15) is 5.10 Å². The van der Waals surface area contributed by atoms with Crippen molar-refractivity contribution in [2.24, 2.45) is 5.92 Å². The number of nitrogens with zero attached hydrogens (tertiary/aromatic N) is 3. The Morgan fingerprint density at radius 1 is 0.971 bits per heavy atom. The standard InChI is InChI=1S/C29H34N4O2/c1-20-15-21(2)32(31-20)19-23-10-8-9-22(16-23)18-30-28(34)27-17-25-13-6-7-14-26(25)33(27)29(35)24-11-4-3-5-12-24/h3-5,8-12,15-16,25-27H,6-7,13-14,17-19H2,1-2H3,(H,30,34). The Hall–Kier alpha value is -3.41. The summed E-state index contributed by atoms with van der Waals surface area (Å²) in [4.78, 5) is 28.8. The van der Waals surface area contributed by atoms with Gasteiger partial charge in [-0.05, 0) is 68.4 Å². The highest BCUT2D eigenvalue weighted by atomic mass is 16.2. The van der Waals surface area contributed by atoms with Crippen molar-refractivity contribution in [2.75, 3.05) is 0 Å². The predicted molar refractivity (Wildman–Crippen MR) is 136 cm³/mol. The second-order valence-corrected chi connectivity index (χ2v) is 10.1. The van der Waals surface area contributed by atoms with Crippen molar-refractivity contribution in [3.63, 3.8) is 0 Å². The summed E-state index contributed by atoms with van der Waals surface area (Å²) >= 11 is 0. The third-order valence-corrected chi connectivity index (χ3v) is 7.54. The summed E-state index contributed by atoms with van der Waals surface area (Å²) in [5.41, 5.74) is 5.00. The molecule has 2 heterocycles. The van der Waals surface area contributed by atoms with Gasteiger partial charge in [-0.15, -0.1) is 0 Å². The van der Waals surface area contributed by atoms with E-state index in [2.05, 4.69) is 35.5 Å². The predicted octanol–water partition coefficient (Wildman–Crippen LogP) is 4.64. The maximum absolute atomic E-state index is 13.5. The van der Waals surface area contributed by atoms with E-state index in [4.69, 9.17) is 0 Å². The van der Waals surface area contributed by atoms with Gasteiger partial charge in [0.15, 0.2) is 0 Å². The highest BCUT2D eigenvalue weighted by Gasteiger charge is 2.47. The molecule has 1 saturated carbocycles. The summed E-state index contributed by atoms with van der Waals surface area (Å²) in [5.74, 6) is 0.343. The number of aromatic nitrogens is 2. The summed E-state index contributed by atoms with van der Waals surface area (Å²) < 4.78 is 2.00. The number of likely N-dealkylation sites (tertiary alicyclic amines) is 1. The summed E-state index contributed by atoms with van der Waals surface area (Å²) in [7, 11) is 0. The van der Waals surface area contributed by atoms with Gasteiger partial charge in [-0.1, -0.05) is 55.3 Å². The normalized spacial score (nSPS) is 21.5. The van der Waals surface area contributed by atoms with Crippen LogP contribution in [0.25, 0.3) is 0 Å². The molecule has 2 aliphatic rings. The molecule has 1 saturated heterocycles. The first-order chi connectivity index (χ1) is 17.0. The third kappa shape index (κ3) is 5.02. The topological polar surface area (TPSA) is 67.2 Å². The highest BCUT2D eigenvalue weighted by molar-refractivity contribution is 5.98. The van der Waals surface area contributed by atoms with Gasteiger partial charge in [0.05, 0.1) is 12.2 Å². The fourth-order valence-corrected chi connectivity index (χ4v) is 5.87. The number of carbonyl (C=O) groups excluding carboxylic acids is 2.